The monoisotopic (exact) mass is 352 g/mol. The van der Waals surface area contributed by atoms with Crippen LogP contribution in [-0.2, 0) is 0 Å². The van der Waals surface area contributed by atoms with E-state index >= 15 is 0 Å². The topological polar surface area (TPSA) is 23.6 Å². The highest BCUT2D eigenvalue weighted by molar-refractivity contribution is 6.33. The summed E-state index contributed by atoms with van der Waals surface area (Å²) in [5.74, 6) is -0.938. The van der Waals surface area contributed by atoms with E-state index in [-0.39, 0.29) is 16.5 Å². The lowest BCUT2D eigenvalue weighted by Gasteiger charge is -2.36. The number of carbonyl (C=O) groups excluding carboxylic acids is 1. The number of benzene rings is 2. The lowest BCUT2D eigenvalue weighted by atomic mass is 10.1. The Morgan fingerprint density at radius 3 is 2.22 bits per heavy atom. The number of anilines is 1. The van der Waals surface area contributed by atoms with Crippen molar-refractivity contribution in [3.05, 3.63) is 63.9 Å². The largest absolute Gasteiger partial charge is 0.368 e. The second-order valence-corrected chi connectivity index (χ2v) is 6.20. The summed E-state index contributed by atoms with van der Waals surface area (Å²) in [5, 5.41) is 0.840. The molecule has 3 nitrogen and oxygen atoms in total. The van der Waals surface area contributed by atoms with Crippen LogP contribution in [0.15, 0.2) is 42.5 Å². The van der Waals surface area contributed by atoms with E-state index in [4.69, 9.17) is 23.2 Å². The fourth-order valence-corrected chi connectivity index (χ4v) is 3.05. The normalized spacial score (nSPS) is 14.9. The Hall–Kier alpha value is -1.78. The fourth-order valence-electron chi connectivity index (χ4n) is 2.68. The van der Waals surface area contributed by atoms with Crippen LogP contribution in [0.3, 0.4) is 0 Å². The molecule has 0 radical (unpaired) electrons. The zero-order valence-electron chi connectivity index (χ0n) is 12.3. The maximum absolute atomic E-state index is 13.9. The van der Waals surface area contributed by atoms with Crippen LogP contribution in [0.2, 0.25) is 10.0 Å². The van der Waals surface area contributed by atoms with Crippen LogP contribution >= 0.6 is 23.2 Å². The van der Waals surface area contributed by atoms with Gasteiger partial charge in [-0.2, -0.15) is 0 Å². The molecule has 0 aromatic heterocycles. The van der Waals surface area contributed by atoms with Crippen molar-refractivity contribution in [2.24, 2.45) is 0 Å². The Bertz CT molecular complexity index is 693. The lowest BCUT2D eigenvalue weighted by Crippen LogP contribution is -2.49. The summed E-state index contributed by atoms with van der Waals surface area (Å²) in [6, 6.07) is 11.9. The van der Waals surface area contributed by atoms with Crippen LogP contribution in [-0.4, -0.2) is 37.0 Å². The molecule has 1 amide bonds. The number of nitrogens with zero attached hydrogens (tertiary/aromatic N) is 2. The van der Waals surface area contributed by atoms with Gasteiger partial charge in [-0.05, 0) is 36.4 Å². The third-order valence-electron chi connectivity index (χ3n) is 3.94. The second kappa shape index (κ2) is 6.77. The molecular weight excluding hydrogens is 338 g/mol. The summed E-state index contributed by atoms with van der Waals surface area (Å²) in [5.41, 5.74) is 1.01. The highest BCUT2D eigenvalue weighted by Crippen LogP contribution is 2.23. The average Bonchev–Trinajstić information content (AvgIpc) is 2.55. The van der Waals surface area contributed by atoms with Gasteiger partial charge in [0.1, 0.15) is 5.82 Å². The van der Waals surface area contributed by atoms with Gasteiger partial charge in [-0.3, -0.25) is 4.79 Å². The molecule has 2 aromatic carbocycles. The molecule has 0 aliphatic carbocycles. The molecule has 120 valence electrons. The minimum absolute atomic E-state index is 0.0471. The van der Waals surface area contributed by atoms with Crippen LogP contribution < -0.4 is 4.90 Å². The van der Waals surface area contributed by atoms with Gasteiger partial charge in [-0.15, -0.1) is 0 Å². The molecule has 0 atom stereocenters. The number of rotatable bonds is 2. The van der Waals surface area contributed by atoms with Crippen molar-refractivity contribution >= 4 is 34.8 Å². The Labute approximate surface area is 144 Å². The summed E-state index contributed by atoms with van der Waals surface area (Å²) in [4.78, 5) is 16.3. The van der Waals surface area contributed by atoms with Gasteiger partial charge in [0.25, 0.3) is 5.91 Å². The number of piperazine rings is 1. The Morgan fingerprint density at radius 1 is 0.957 bits per heavy atom. The number of carbonyl (C=O) groups is 1. The van der Waals surface area contributed by atoms with Crippen molar-refractivity contribution in [2.45, 2.75) is 0 Å². The summed E-state index contributed by atoms with van der Waals surface area (Å²) < 4.78 is 13.9. The molecule has 6 heteroatoms. The van der Waals surface area contributed by atoms with Crippen molar-refractivity contribution in [1.82, 2.24) is 4.90 Å². The second-order valence-electron chi connectivity index (χ2n) is 5.35. The SMILES string of the molecule is O=C(c1c(F)cccc1Cl)N1CCN(c2ccc(Cl)cc2)CC1. The zero-order chi connectivity index (χ0) is 16.4. The predicted octanol–water partition coefficient (Wildman–Crippen LogP) is 4.09. The van der Waals surface area contributed by atoms with Gasteiger partial charge in [-0.1, -0.05) is 29.3 Å². The molecule has 3 rings (SSSR count). The Morgan fingerprint density at radius 2 is 1.61 bits per heavy atom. The number of halogens is 3. The minimum atomic E-state index is -0.581. The fraction of sp³-hybridized carbons (Fsp3) is 0.235. The van der Waals surface area contributed by atoms with Gasteiger partial charge in [0.2, 0.25) is 0 Å². The maximum atomic E-state index is 13.9. The van der Waals surface area contributed by atoms with Crippen LogP contribution in [0.4, 0.5) is 10.1 Å². The summed E-state index contributed by atoms with van der Waals surface area (Å²) in [6.07, 6.45) is 0. The van der Waals surface area contributed by atoms with E-state index in [1.54, 1.807) is 4.90 Å². The van der Waals surface area contributed by atoms with Gasteiger partial charge in [0.05, 0.1) is 10.6 Å². The molecule has 1 aliphatic rings. The van der Waals surface area contributed by atoms with E-state index in [2.05, 4.69) is 4.90 Å². The zero-order valence-corrected chi connectivity index (χ0v) is 13.8. The molecule has 1 heterocycles. The van der Waals surface area contributed by atoms with E-state index < -0.39 is 5.82 Å². The third kappa shape index (κ3) is 3.43. The quantitative estimate of drug-likeness (QED) is 0.812. The first kappa shape index (κ1) is 16.1. The molecule has 0 saturated carbocycles. The molecule has 0 bridgehead atoms. The van der Waals surface area contributed by atoms with Gasteiger partial charge in [-0.25, -0.2) is 4.39 Å². The molecule has 0 unspecified atom stereocenters. The molecule has 1 saturated heterocycles. The summed E-state index contributed by atoms with van der Waals surface area (Å²) in [6.45, 7) is 2.40. The van der Waals surface area contributed by atoms with E-state index in [9.17, 15) is 9.18 Å². The van der Waals surface area contributed by atoms with E-state index in [0.29, 0.717) is 31.2 Å². The third-order valence-corrected chi connectivity index (χ3v) is 4.50. The van der Waals surface area contributed by atoms with Crippen molar-refractivity contribution in [3.63, 3.8) is 0 Å². The van der Waals surface area contributed by atoms with Gasteiger partial charge < -0.3 is 9.80 Å². The van der Waals surface area contributed by atoms with Gasteiger partial charge in [0.15, 0.2) is 0 Å². The Balaban J connectivity index is 1.69. The van der Waals surface area contributed by atoms with E-state index in [0.717, 1.165) is 5.69 Å². The molecular formula is C17H15Cl2FN2O. The maximum Gasteiger partial charge on any atom is 0.258 e. The van der Waals surface area contributed by atoms with Gasteiger partial charge in [0, 0.05) is 36.9 Å². The molecule has 1 fully saturated rings. The van der Waals surface area contributed by atoms with Crippen molar-refractivity contribution in [3.8, 4) is 0 Å². The predicted molar refractivity (Wildman–Crippen MR) is 91.0 cm³/mol. The Kier molecular flexibility index (Phi) is 4.74. The van der Waals surface area contributed by atoms with E-state index in [1.165, 1.54) is 18.2 Å². The van der Waals surface area contributed by atoms with Crippen molar-refractivity contribution in [2.75, 3.05) is 31.1 Å². The first-order chi connectivity index (χ1) is 11.1. The molecule has 2 aromatic rings. The minimum Gasteiger partial charge on any atom is -0.368 e. The van der Waals surface area contributed by atoms with Crippen LogP contribution in [0, 0.1) is 5.82 Å². The highest BCUT2D eigenvalue weighted by atomic mass is 35.5. The van der Waals surface area contributed by atoms with Crippen molar-refractivity contribution in [1.29, 1.82) is 0 Å². The molecule has 0 spiro atoms. The first-order valence-corrected chi connectivity index (χ1v) is 8.05. The number of hydrogen-bond acceptors (Lipinski definition) is 2. The van der Waals surface area contributed by atoms with Crippen LogP contribution in [0.25, 0.3) is 0 Å². The number of hydrogen-bond donors (Lipinski definition) is 0. The smallest absolute Gasteiger partial charge is 0.258 e. The van der Waals surface area contributed by atoms with Gasteiger partial charge >= 0.3 is 0 Å². The molecule has 0 N–H and O–H groups in total. The first-order valence-electron chi connectivity index (χ1n) is 7.30. The van der Waals surface area contributed by atoms with Crippen molar-refractivity contribution < 1.29 is 9.18 Å². The molecule has 23 heavy (non-hydrogen) atoms. The summed E-state index contributed by atoms with van der Waals surface area (Å²) in [7, 11) is 0. The van der Waals surface area contributed by atoms with Crippen LogP contribution in [0.5, 0.6) is 0 Å². The summed E-state index contributed by atoms with van der Waals surface area (Å²) >= 11 is 11.9. The highest BCUT2D eigenvalue weighted by Gasteiger charge is 2.25. The average molecular weight is 353 g/mol. The standard InChI is InChI=1S/C17H15Cl2FN2O/c18-12-4-6-13(7-5-12)21-8-10-22(11-9-21)17(23)16-14(19)2-1-3-15(16)20/h1-7H,8-11H2. The number of amides is 1. The lowest BCUT2D eigenvalue weighted by molar-refractivity contribution is 0.0742. The van der Waals surface area contributed by atoms with E-state index in [1.807, 2.05) is 24.3 Å². The van der Waals surface area contributed by atoms with Crippen LogP contribution in [0.1, 0.15) is 10.4 Å². The molecule has 1 aliphatic heterocycles.